The number of halogens is 6. The molecule has 9 nitrogen and oxygen atoms in total. The quantitative estimate of drug-likeness (QED) is 0.358. The molecule has 2 heterocycles. The number of fused-ring (bicyclic) bond motifs is 1. The van der Waals surface area contributed by atoms with E-state index in [1.165, 1.54) is 6.07 Å². The van der Waals surface area contributed by atoms with Crippen molar-refractivity contribution >= 4 is 28.3 Å². The molecule has 15 heteroatoms. The van der Waals surface area contributed by atoms with E-state index in [0.717, 1.165) is 25.0 Å². The standard InChI is InChI=1S/C20H20F6N6O3/c21-19(22,23)8-28-10-5-12-13(27)7-14(30-16(12)15(6-10)35-20(24,25)26)17-31-32-18(34-17)29-9-2-1-3-11(33)4-9/h5-7,9,11,28,33H,1-4,8H2,(H2,27,30)(H,29,32). The Bertz CT molecular complexity index is 1200. The normalized spacial score (nSPS) is 19.1. The summed E-state index contributed by atoms with van der Waals surface area (Å²) in [5.41, 5.74) is 5.16. The molecule has 35 heavy (non-hydrogen) atoms. The molecule has 1 aliphatic rings. The molecule has 0 bridgehead atoms. The van der Waals surface area contributed by atoms with Crippen LogP contribution < -0.4 is 21.1 Å². The van der Waals surface area contributed by atoms with Crippen molar-refractivity contribution in [3.63, 3.8) is 0 Å². The van der Waals surface area contributed by atoms with Gasteiger partial charge in [-0.25, -0.2) is 4.98 Å². The second kappa shape index (κ2) is 9.28. The lowest BCUT2D eigenvalue weighted by Crippen LogP contribution is -2.29. The highest BCUT2D eigenvalue weighted by Crippen LogP contribution is 2.37. The molecule has 0 amide bonds. The van der Waals surface area contributed by atoms with Crippen LogP contribution in [0.5, 0.6) is 5.75 Å². The number of alkyl halides is 6. The molecule has 1 saturated carbocycles. The molecule has 2 aromatic heterocycles. The van der Waals surface area contributed by atoms with Crippen molar-refractivity contribution in [2.45, 2.75) is 50.4 Å². The van der Waals surface area contributed by atoms with Gasteiger partial charge < -0.3 is 30.6 Å². The van der Waals surface area contributed by atoms with Crippen LogP contribution in [0, 0.1) is 0 Å². The van der Waals surface area contributed by atoms with Crippen molar-refractivity contribution in [3.8, 4) is 17.3 Å². The number of ether oxygens (including phenoxy) is 1. The summed E-state index contributed by atoms with van der Waals surface area (Å²) in [7, 11) is 0. The summed E-state index contributed by atoms with van der Waals surface area (Å²) in [6.07, 6.45) is -7.43. The molecule has 1 aliphatic carbocycles. The van der Waals surface area contributed by atoms with E-state index >= 15 is 0 Å². The lowest BCUT2D eigenvalue weighted by atomic mass is 9.93. The second-order valence-corrected chi connectivity index (χ2v) is 8.06. The summed E-state index contributed by atoms with van der Waals surface area (Å²) in [6.45, 7) is -1.48. The van der Waals surface area contributed by atoms with Crippen LogP contribution in [0.1, 0.15) is 25.7 Å². The molecule has 0 aliphatic heterocycles. The number of nitrogens with two attached hydrogens (primary N) is 1. The van der Waals surface area contributed by atoms with Gasteiger partial charge in [-0.2, -0.15) is 13.2 Å². The van der Waals surface area contributed by atoms with Crippen LogP contribution in [0.3, 0.4) is 0 Å². The van der Waals surface area contributed by atoms with Gasteiger partial charge in [-0.3, -0.25) is 0 Å². The largest absolute Gasteiger partial charge is 0.573 e. The van der Waals surface area contributed by atoms with Gasteiger partial charge in [0, 0.05) is 28.9 Å². The molecular weight excluding hydrogens is 486 g/mol. The first-order valence-corrected chi connectivity index (χ1v) is 10.5. The highest BCUT2D eigenvalue weighted by atomic mass is 19.4. The Balaban J connectivity index is 1.67. The number of nitrogens with one attached hydrogen (secondary N) is 2. The number of pyridine rings is 1. The number of anilines is 3. The third kappa shape index (κ3) is 6.35. The van der Waals surface area contributed by atoms with E-state index in [4.69, 9.17) is 10.2 Å². The van der Waals surface area contributed by atoms with Crippen molar-refractivity contribution in [2.24, 2.45) is 0 Å². The van der Waals surface area contributed by atoms with Gasteiger partial charge in [0.25, 0.3) is 5.89 Å². The average molecular weight is 506 g/mol. The number of aromatic nitrogens is 3. The van der Waals surface area contributed by atoms with E-state index in [1.807, 2.05) is 5.32 Å². The zero-order valence-electron chi connectivity index (χ0n) is 17.9. The van der Waals surface area contributed by atoms with Crippen molar-refractivity contribution < 1.29 is 40.6 Å². The maximum absolute atomic E-state index is 13.0. The number of hydrogen-bond acceptors (Lipinski definition) is 9. The van der Waals surface area contributed by atoms with Gasteiger partial charge in [0.1, 0.15) is 17.8 Å². The fourth-order valence-electron chi connectivity index (χ4n) is 3.79. The smallest absolute Gasteiger partial charge is 0.403 e. The minimum Gasteiger partial charge on any atom is -0.403 e. The van der Waals surface area contributed by atoms with Crippen LogP contribution >= 0.6 is 0 Å². The maximum Gasteiger partial charge on any atom is 0.573 e. The minimum absolute atomic E-state index is 0.0260. The monoisotopic (exact) mass is 506 g/mol. The Morgan fingerprint density at radius 1 is 1.11 bits per heavy atom. The lowest BCUT2D eigenvalue weighted by Gasteiger charge is -2.25. The zero-order valence-corrected chi connectivity index (χ0v) is 17.9. The number of benzene rings is 1. The van der Waals surface area contributed by atoms with Crippen molar-refractivity contribution in [2.75, 3.05) is 22.9 Å². The van der Waals surface area contributed by atoms with Crippen LogP contribution in [0.25, 0.3) is 22.5 Å². The first-order chi connectivity index (χ1) is 16.4. The molecule has 2 atom stereocenters. The lowest BCUT2D eigenvalue weighted by molar-refractivity contribution is -0.274. The fourth-order valence-corrected chi connectivity index (χ4v) is 3.79. The van der Waals surface area contributed by atoms with E-state index in [2.05, 4.69) is 25.2 Å². The number of aliphatic hydroxyl groups is 1. The number of aliphatic hydroxyl groups excluding tert-OH is 1. The summed E-state index contributed by atoms with van der Waals surface area (Å²) < 4.78 is 86.2. The summed E-state index contributed by atoms with van der Waals surface area (Å²) in [6, 6.07) is 3.04. The Hall–Kier alpha value is -3.49. The second-order valence-electron chi connectivity index (χ2n) is 8.06. The number of nitrogen functional groups attached to an aromatic ring is 1. The molecule has 4 rings (SSSR count). The number of rotatable bonds is 6. The predicted molar refractivity (Wildman–Crippen MR) is 113 cm³/mol. The molecule has 0 saturated heterocycles. The SMILES string of the molecule is Nc1cc(-c2nnc(NC3CCCC(O)C3)o2)nc2c(OC(F)(F)F)cc(NCC(F)(F)F)cc12. The summed E-state index contributed by atoms with van der Waals surface area (Å²) >= 11 is 0. The summed E-state index contributed by atoms with van der Waals surface area (Å²) in [5.74, 6) is -1.02. The van der Waals surface area contributed by atoms with Gasteiger partial charge >= 0.3 is 18.6 Å². The summed E-state index contributed by atoms with van der Waals surface area (Å²) in [4.78, 5) is 4.09. The van der Waals surface area contributed by atoms with Crippen LogP contribution in [0.2, 0.25) is 0 Å². The molecular formula is C20H20F6N6O3. The average Bonchev–Trinajstić information content (AvgIpc) is 3.19. The van der Waals surface area contributed by atoms with E-state index in [-0.39, 0.29) is 45.9 Å². The first kappa shape index (κ1) is 24.6. The molecule has 0 spiro atoms. The van der Waals surface area contributed by atoms with Crippen LogP contribution in [-0.4, -0.2) is 51.5 Å². The fraction of sp³-hybridized carbons (Fsp3) is 0.450. The topological polar surface area (TPSA) is 131 Å². The highest BCUT2D eigenvalue weighted by molar-refractivity contribution is 5.98. The molecule has 2 unspecified atom stereocenters. The van der Waals surface area contributed by atoms with Gasteiger partial charge in [-0.1, -0.05) is 5.10 Å². The van der Waals surface area contributed by atoms with Crippen molar-refractivity contribution in [1.82, 2.24) is 15.2 Å². The predicted octanol–water partition coefficient (Wildman–Crippen LogP) is 4.46. The Morgan fingerprint density at radius 3 is 2.57 bits per heavy atom. The Morgan fingerprint density at radius 2 is 1.89 bits per heavy atom. The van der Waals surface area contributed by atoms with Crippen LogP contribution in [0.4, 0.5) is 43.7 Å². The van der Waals surface area contributed by atoms with Crippen molar-refractivity contribution in [3.05, 3.63) is 18.2 Å². The third-order valence-electron chi connectivity index (χ3n) is 5.25. The first-order valence-electron chi connectivity index (χ1n) is 10.5. The van der Waals surface area contributed by atoms with Crippen LogP contribution in [-0.2, 0) is 0 Å². The zero-order chi connectivity index (χ0) is 25.4. The van der Waals surface area contributed by atoms with Gasteiger partial charge in [-0.15, -0.1) is 18.3 Å². The molecule has 190 valence electrons. The third-order valence-corrected chi connectivity index (χ3v) is 5.25. The van der Waals surface area contributed by atoms with Crippen LogP contribution in [0.15, 0.2) is 22.6 Å². The molecule has 1 fully saturated rings. The minimum atomic E-state index is -5.14. The van der Waals surface area contributed by atoms with Gasteiger partial charge in [0.15, 0.2) is 5.75 Å². The number of hydrogen-bond donors (Lipinski definition) is 4. The van der Waals surface area contributed by atoms with E-state index < -0.39 is 30.9 Å². The van der Waals surface area contributed by atoms with E-state index in [9.17, 15) is 31.4 Å². The Kier molecular flexibility index (Phi) is 6.53. The van der Waals surface area contributed by atoms with Gasteiger partial charge in [-0.05, 0) is 37.8 Å². The summed E-state index contributed by atoms with van der Waals surface area (Å²) in [5, 5.41) is 22.4. The highest BCUT2D eigenvalue weighted by Gasteiger charge is 2.33. The molecule has 5 N–H and O–H groups in total. The van der Waals surface area contributed by atoms with E-state index in [0.29, 0.717) is 12.8 Å². The van der Waals surface area contributed by atoms with Gasteiger partial charge in [0.05, 0.1) is 6.10 Å². The maximum atomic E-state index is 13.0. The molecule has 3 aromatic rings. The number of nitrogens with zero attached hydrogens (tertiary/aromatic N) is 3. The Labute approximate surface area is 193 Å². The molecule has 1 aromatic carbocycles. The van der Waals surface area contributed by atoms with E-state index in [1.54, 1.807) is 0 Å². The molecule has 0 radical (unpaired) electrons. The van der Waals surface area contributed by atoms with Crippen molar-refractivity contribution in [1.29, 1.82) is 0 Å². The van der Waals surface area contributed by atoms with Gasteiger partial charge in [0.2, 0.25) is 0 Å².